The SMILES string of the molecule is Cc1ccncc1CNC1CCN(C(=O)C(C)C)CC1. The number of rotatable bonds is 4. The van der Waals surface area contributed by atoms with Crippen LogP contribution in [0.15, 0.2) is 18.5 Å². The van der Waals surface area contributed by atoms with Crippen LogP contribution in [0.25, 0.3) is 0 Å². The number of hydrogen-bond donors (Lipinski definition) is 1. The van der Waals surface area contributed by atoms with Gasteiger partial charge in [0, 0.05) is 44.0 Å². The molecule has 0 saturated carbocycles. The van der Waals surface area contributed by atoms with Gasteiger partial charge in [-0.2, -0.15) is 0 Å². The van der Waals surface area contributed by atoms with E-state index in [4.69, 9.17) is 0 Å². The van der Waals surface area contributed by atoms with Gasteiger partial charge in [-0.05, 0) is 37.0 Å². The van der Waals surface area contributed by atoms with Crippen LogP contribution in [0, 0.1) is 12.8 Å². The van der Waals surface area contributed by atoms with Crippen molar-refractivity contribution in [2.75, 3.05) is 13.1 Å². The zero-order valence-electron chi connectivity index (χ0n) is 12.7. The number of piperidine rings is 1. The third-order valence-electron chi connectivity index (χ3n) is 4.03. The lowest BCUT2D eigenvalue weighted by Crippen LogP contribution is -2.46. The fraction of sp³-hybridized carbons (Fsp3) is 0.625. The van der Waals surface area contributed by atoms with Gasteiger partial charge in [0.15, 0.2) is 0 Å². The summed E-state index contributed by atoms with van der Waals surface area (Å²) in [5.41, 5.74) is 2.54. The van der Waals surface area contributed by atoms with Crippen molar-refractivity contribution in [3.05, 3.63) is 29.6 Å². The Bertz CT molecular complexity index is 451. The molecule has 0 unspecified atom stereocenters. The molecule has 1 aromatic rings. The van der Waals surface area contributed by atoms with Gasteiger partial charge in [-0.15, -0.1) is 0 Å². The smallest absolute Gasteiger partial charge is 0.225 e. The molecule has 0 radical (unpaired) electrons. The van der Waals surface area contributed by atoms with Crippen molar-refractivity contribution in [2.24, 2.45) is 5.92 Å². The minimum Gasteiger partial charge on any atom is -0.342 e. The van der Waals surface area contributed by atoms with Gasteiger partial charge in [0.25, 0.3) is 0 Å². The molecule has 2 heterocycles. The van der Waals surface area contributed by atoms with Crippen LogP contribution in [-0.2, 0) is 11.3 Å². The van der Waals surface area contributed by atoms with Gasteiger partial charge in [0.1, 0.15) is 0 Å². The van der Waals surface area contributed by atoms with Crippen LogP contribution < -0.4 is 5.32 Å². The van der Waals surface area contributed by atoms with Crippen LogP contribution in [0.1, 0.15) is 37.8 Å². The fourth-order valence-electron chi connectivity index (χ4n) is 2.61. The molecule has 1 aliphatic heterocycles. The summed E-state index contributed by atoms with van der Waals surface area (Å²) in [7, 11) is 0. The van der Waals surface area contributed by atoms with Crippen LogP contribution in [0.3, 0.4) is 0 Å². The summed E-state index contributed by atoms with van der Waals surface area (Å²) in [6.45, 7) is 8.67. The number of hydrogen-bond acceptors (Lipinski definition) is 3. The normalized spacial score (nSPS) is 16.7. The standard InChI is InChI=1S/C16H25N3O/c1-12(2)16(20)19-8-5-15(6-9-19)18-11-14-10-17-7-4-13(14)3/h4,7,10,12,15,18H,5-6,8-9,11H2,1-3H3. The molecule has 110 valence electrons. The van der Waals surface area contributed by atoms with Crippen molar-refractivity contribution in [2.45, 2.75) is 46.2 Å². The van der Waals surface area contributed by atoms with Crippen LogP contribution in [-0.4, -0.2) is 34.9 Å². The molecule has 2 rings (SSSR count). The van der Waals surface area contributed by atoms with Crippen molar-refractivity contribution in [1.82, 2.24) is 15.2 Å². The Morgan fingerprint density at radius 1 is 1.45 bits per heavy atom. The summed E-state index contributed by atoms with van der Waals surface area (Å²) in [5.74, 6) is 0.393. The molecule has 1 amide bonds. The summed E-state index contributed by atoms with van der Waals surface area (Å²) in [6, 6.07) is 2.55. The number of amides is 1. The number of pyridine rings is 1. The summed E-state index contributed by atoms with van der Waals surface area (Å²) in [4.78, 5) is 18.1. The van der Waals surface area contributed by atoms with Crippen molar-refractivity contribution < 1.29 is 4.79 Å². The molecule has 1 aromatic heterocycles. The Hall–Kier alpha value is -1.42. The maximum absolute atomic E-state index is 11.9. The van der Waals surface area contributed by atoms with Crippen molar-refractivity contribution in [3.63, 3.8) is 0 Å². The number of aryl methyl sites for hydroxylation is 1. The van der Waals surface area contributed by atoms with E-state index in [1.165, 1.54) is 11.1 Å². The maximum atomic E-state index is 11.9. The largest absolute Gasteiger partial charge is 0.342 e. The van der Waals surface area contributed by atoms with Crippen LogP contribution in [0.2, 0.25) is 0 Å². The molecule has 0 atom stereocenters. The predicted octanol–water partition coefficient (Wildman–Crippen LogP) is 2.13. The van der Waals surface area contributed by atoms with E-state index in [0.29, 0.717) is 6.04 Å². The second-order valence-electron chi connectivity index (χ2n) is 5.94. The summed E-state index contributed by atoms with van der Waals surface area (Å²) in [5, 5.41) is 3.59. The van der Waals surface area contributed by atoms with Crippen molar-refractivity contribution in [1.29, 1.82) is 0 Å². The molecular weight excluding hydrogens is 250 g/mol. The number of carbonyl (C=O) groups is 1. The third kappa shape index (κ3) is 3.79. The highest BCUT2D eigenvalue weighted by Gasteiger charge is 2.23. The summed E-state index contributed by atoms with van der Waals surface area (Å²) < 4.78 is 0. The van der Waals surface area contributed by atoms with E-state index < -0.39 is 0 Å². The highest BCUT2D eigenvalue weighted by atomic mass is 16.2. The molecule has 0 aromatic carbocycles. The molecule has 1 N–H and O–H groups in total. The van der Waals surface area contributed by atoms with E-state index in [9.17, 15) is 4.79 Å². The third-order valence-corrected chi connectivity index (χ3v) is 4.03. The van der Waals surface area contributed by atoms with E-state index in [1.807, 2.05) is 37.2 Å². The van der Waals surface area contributed by atoms with Crippen LogP contribution >= 0.6 is 0 Å². The first-order valence-corrected chi connectivity index (χ1v) is 7.49. The number of carbonyl (C=O) groups excluding carboxylic acids is 1. The van der Waals surface area contributed by atoms with Gasteiger partial charge in [-0.25, -0.2) is 0 Å². The van der Waals surface area contributed by atoms with Crippen LogP contribution in [0.4, 0.5) is 0 Å². The first-order valence-electron chi connectivity index (χ1n) is 7.49. The zero-order valence-corrected chi connectivity index (χ0v) is 12.7. The number of nitrogens with zero attached hydrogens (tertiary/aromatic N) is 2. The molecular formula is C16H25N3O. The first-order chi connectivity index (χ1) is 9.58. The van der Waals surface area contributed by atoms with E-state index in [1.54, 1.807) is 0 Å². The Balaban J connectivity index is 1.78. The minimum absolute atomic E-state index is 0.109. The van der Waals surface area contributed by atoms with Gasteiger partial charge in [-0.3, -0.25) is 9.78 Å². The fourth-order valence-corrected chi connectivity index (χ4v) is 2.61. The number of nitrogens with one attached hydrogen (secondary N) is 1. The average molecular weight is 275 g/mol. The molecule has 0 bridgehead atoms. The second-order valence-corrected chi connectivity index (χ2v) is 5.94. The summed E-state index contributed by atoms with van der Waals surface area (Å²) >= 11 is 0. The number of likely N-dealkylation sites (tertiary alicyclic amines) is 1. The van der Waals surface area contributed by atoms with Crippen molar-refractivity contribution >= 4 is 5.91 Å². The Labute approximate surface area is 121 Å². The average Bonchev–Trinajstić information content (AvgIpc) is 2.46. The molecule has 4 heteroatoms. The van der Waals surface area contributed by atoms with Gasteiger partial charge in [0.05, 0.1) is 0 Å². The maximum Gasteiger partial charge on any atom is 0.225 e. The molecule has 0 aliphatic carbocycles. The van der Waals surface area contributed by atoms with Gasteiger partial charge < -0.3 is 10.2 Å². The quantitative estimate of drug-likeness (QED) is 0.915. The predicted molar refractivity (Wildman–Crippen MR) is 80.3 cm³/mol. The molecule has 0 spiro atoms. The minimum atomic E-state index is 0.109. The monoisotopic (exact) mass is 275 g/mol. The molecule has 1 fully saturated rings. The molecule has 4 nitrogen and oxygen atoms in total. The van der Waals surface area contributed by atoms with E-state index in [-0.39, 0.29) is 11.8 Å². The first kappa shape index (κ1) is 15.0. The summed E-state index contributed by atoms with van der Waals surface area (Å²) in [6.07, 6.45) is 5.84. The lowest BCUT2D eigenvalue weighted by Gasteiger charge is -2.33. The van der Waals surface area contributed by atoms with Gasteiger partial charge in [-0.1, -0.05) is 13.8 Å². The topological polar surface area (TPSA) is 45.2 Å². The van der Waals surface area contributed by atoms with Crippen LogP contribution in [0.5, 0.6) is 0 Å². The molecule has 1 saturated heterocycles. The van der Waals surface area contributed by atoms with E-state index >= 15 is 0 Å². The Kier molecular flexibility index (Phi) is 5.12. The van der Waals surface area contributed by atoms with Gasteiger partial charge >= 0.3 is 0 Å². The highest BCUT2D eigenvalue weighted by molar-refractivity contribution is 5.78. The lowest BCUT2D eigenvalue weighted by molar-refractivity contribution is -0.135. The van der Waals surface area contributed by atoms with Crippen molar-refractivity contribution in [3.8, 4) is 0 Å². The number of aromatic nitrogens is 1. The Morgan fingerprint density at radius 3 is 2.75 bits per heavy atom. The highest BCUT2D eigenvalue weighted by Crippen LogP contribution is 2.14. The van der Waals surface area contributed by atoms with E-state index in [2.05, 4.69) is 17.2 Å². The molecule has 20 heavy (non-hydrogen) atoms. The van der Waals surface area contributed by atoms with Gasteiger partial charge in [0.2, 0.25) is 5.91 Å². The van der Waals surface area contributed by atoms with E-state index in [0.717, 1.165) is 32.5 Å². The lowest BCUT2D eigenvalue weighted by atomic mass is 10.0. The Morgan fingerprint density at radius 2 is 2.15 bits per heavy atom. The molecule has 1 aliphatic rings. The second kappa shape index (κ2) is 6.84. The zero-order chi connectivity index (χ0) is 14.5.